The third kappa shape index (κ3) is 4.99. The number of phenols is 1. The Labute approximate surface area is 224 Å². The van der Waals surface area contributed by atoms with Gasteiger partial charge in [-0.3, -0.25) is 9.89 Å². The first-order chi connectivity index (χ1) is 18.1. The average Bonchev–Trinajstić information content (AvgIpc) is 3.42. The van der Waals surface area contributed by atoms with Crippen LogP contribution in [0.5, 0.6) is 5.75 Å². The molecule has 5 rings (SSSR count). The number of rotatable bonds is 5. The van der Waals surface area contributed by atoms with Crippen molar-refractivity contribution in [1.82, 2.24) is 30.6 Å². The van der Waals surface area contributed by atoms with Gasteiger partial charge in [0, 0.05) is 47.4 Å². The Morgan fingerprint density at radius 2 is 1.74 bits per heavy atom. The molecule has 9 heteroatoms. The van der Waals surface area contributed by atoms with Crippen molar-refractivity contribution in [3.63, 3.8) is 0 Å². The van der Waals surface area contributed by atoms with Crippen molar-refractivity contribution >= 4 is 11.7 Å². The van der Waals surface area contributed by atoms with Crippen LogP contribution in [0.2, 0.25) is 0 Å². The Bertz CT molecular complexity index is 1250. The number of H-pyrrole nitrogens is 1. The van der Waals surface area contributed by atoms with Gasteiger partial charge in [-0.2, -0.15) is 5.10 Å². The van der Waals surface area contributed by atoms with Gasteiger partial charge in [0.25, 0.3) is 0 Å². The Morgan fingerprint density at radius 1 is 1.03 bits per heavy atom. The van der Waals surface area contributed by atoms with E-state index in [0.29, 0.717) is 17.2 Å². The van der Waals surface area contributed by atoms with Gasteiger partial charge in [-0.25, -0.2) is 0 Å². The SMILES string of the molecule is CN(c1ccc(-c2ccc(-c3cn[nH]c3)cc2O)nn1)C1CC(C)(C)N(C(=O)C2CCNCC2)C(C)(C)C1. The summed E-state index contributed by atoms with van der Waals surface area (Å²) < 4.78 is 0. The first-order valence-electron chi connectivity index (χ1n) is 13.5. The lowest BCUT2D eigenvalue weighted by molar-refractivity contribution is -0.155. The molecule has 4 heterocycles. The van der Waals surface area contributed by atoms with Crippen LogP contribution < -0.4 is 10.2 Å². The van der Waals surface area contributed by atoms with E-state index in [0.717, 1.165) is 55.7 Å². The molecule has 0 aliphatic carbocycles. The van der Waals surface area contributed by atoms with Crippen LogP contribution in [0.4, 0.5) is 5.82 Å². The smallest absolute Gasteiger partial charge is 0.226 e. The van der Waals surface area contributed by atoms with E-state index in [1.807, 2.05) is 24.3 Å². The summed E-state index contributed by atoms with van der Waals surface area (Å²) in [6.45, 7) is 10.6. The zero-order valence-corrected chi connectivity index (χ0v) is 23.0. The Kier molecular flexibility index (Phi) is 6.90. The molecular weight excluding hydrogens is 478 g/mol. The number of hydrogen-bond acceptors (Lipinski definition) is 7. The van der Waals surface area contributed by atoms with E-state index in [4.69, 9.17) is 0 Å². The summed E-state index contributed by atoms with van der Waals surface area (Å²) in [6.07, 6.45) is 7.03. The van der Waals surface area contributed by atoms with Gasteiger partial charge in [0.1, 0.15) is 5.75 Å². The monoisotopic (exact) mass is 517 g/mol. The van der Waals surface area contributed by atoms with E-state index in [1.54, 1.807) is 18.5 Å². The lowest BCUT2D eigenvalue weighted by atomic mass is 9.75. The Morgan fingerprint density at radius 3 is 2.32 bits per heavy atom. The molecule has 0 radical (unpaired) electrons. The molecule has 0 spiro atoms. The van der Waals surface area contributed by atoms with E-state index in [1.165, 1.54) is 0 Å². The molecule has 1 aromatic carbocycles. The lowest BCUT2D eigenvalue weighted by Gasteiger charge is -2.57. The molecule has 2 aliphatic rings. The number of aromatic amines is 1. The largest absolute Gasteiger partial charge is 0.507 e. The van der Waals surface area contributed by atoms with Crippen LogP contribution in [0.15, 0.2) is 42.7 Å². The Balaban J connectivity index is 1.32. The summed E-state index contributed by atoms with van der Waals surface area (Å²) in [5.41, 5.74) is 2.47. The third-order valence-corrected chi connectivity index (χ3v) is 8.25. The van der Waals surface area contributed by atoms with Crippen molar-refractivity contribution in [1.29, 1.82) is 0 Å². The molecule has 9 nitrogen and oxygen atoms in total. The quantitative estimate of drug-likeness (QED) is 0.465. The maximum Gasteiger partial charge on any atom is 0.226 e. The van der Waals surface area contributed by atoms with Gasteiger partial charge < -0.3 is 20.2 Å². The van der Waals surface area contributed by atoms with Gasteiger partial charge >= 0.3 is 0 Å². The van der Waals surface area contributed by atoms with Crippen molar-refractivity contribution in [3.8, 4) is 28.1 Å². The number of aromatic nitrogens is 4. The highest BCUT2D eigenvalue weighted by atomic mass is 16.3. The molecule has 38 heavy (non-hydrogen) atoms. The second-order valence-electron chi connectivity index (χ2n) is 12.0. The fraction of sp³-hybridized carbons (Fsp3) is 0.517. The maximum absolute atomic E-state index is 13.7. The lowest BCUT2D eigenvalue weighted by Crippen LogP contribution is -2.67. The van der Waals surface area contributed by atoms with Gasteiger partial charge in [-0.1, -0.05) is 6.07 Å². The number of amides is 1. The molecule has 2 saturated heterocycles. The van der Waals surface area contributed by atoms with Crippen molar-refractivity contribution in [2.24, 2.45) is 5.92 Å². The van der Waals surface area contributed by atoms with Crippen LogP contribution in [0.3, 0.4) is 0 Å². The highest BCUT2D eigenvalue weighted by Gasteiger charge is 2.50. The summed E-state index contributed by atoms with van der Waals surface area (Å²) in [4.78, 5) is 18.0. The fourth-order valence-corrected chi connectivity index (χ4v) is 6.53. The summed E-state index contributed by atoms with van der Waals surface area (Å²) in [5.74, 6) is 1.32. The second-order valence-corrected chi connectivity index (χ2v) is 12.0. The molecular formula is C29H39N7O2. The molecule has 0 bridgehead atoms. The highest BCUT2D eigenvalue weighted by Crippen LogP contribution is 2.42. The number of piperidine rings is 2. The first-order valence-corrected chi connectivity index (χ1v) is 13.5. The van der Waals surface area contributed by atoms with Gasteiger partial charge in [0.05, 0.1) is 11.9 Å². The van der Waals surface area contributed by atoms with Crippen LogP contribution in [0.1, 0.15) is 53.4 Å². The third-order valence-electron chi connectivity index (χ3n) is 8.25. The van der Waals surface area contributed by atoms with Crippen LogP contribution in [-0.2, 0) is 4.79 Å². The molecule has 2 aliphatic heterocycles. The number of likely N-dealkylation sites (tertiary alicyclic amines) is 1. The Hall–Kier alpha value is -3.46. The van der Waals surface area contributed by atoms with Crippen LogP contribution in [-0.4, -0.2) is 73.6 Å². The van der Waals surface area contributed by atoms with Crippen LogP contribution in [0.25, 0.3) is 22.4 Å². The van der Waals surface area contributed by atoms with Gasteiger partial charge in [-0.05, 0) is 96.3 Å². The van der Waals surface area contributed by atoms with Crippen LogP contribution in [0, 0.1) is 5.92 Å². The van der Waals surface area contributed by atoms with Gasteiger partial charge in [0.15, 0.2) is 5.82 Å². The van der Waals surface area contributed by atoms with Crippen molar-refractivity contribution < 1.29 is 9.90 Å². The molecule has 0 saturated carbocycles. The van der Waals surface area contributed by atoms with Crippen LogP contribution >= 0.6 is 0 Å². The number of anilines is 1. The molecule has 3 aromatic rings. The number of carbonyl (C=O) groups is 1. The number of benzene rings is 1. The predicted octanol–water partition coefficient (Wildman–Crippen LogP) is 4.22. The van der Waals surface area contributed by atoms with Gasteiger partial charge in [-0.15, -0.1) is 10.2 Å². The first kappa shape index (κ1) is 26.2. The zero-order chi connectivity index (χ0) is 27.1. The fourth-order valence-electron chi connectivity index (χ4n) is 6.53. The molecule has 202 valence electrons. The molecule has 1 amide bonds. The summed E-state index contributed by atoms with van der Waals surface area (Å²) >= 11 is 0. The summed E-state index contributed by atoms with van der Waals surface area (Å²) in [5, 5.41) is 29.8. The van der Waals surface area contributed by atoms with E-state index in [-0.39, 0.29) is 28.8 Å². The second kappa shape index (κ2) is 10.0. The normalized spacial score (nSPS) is 19.9. The van der Waals surface area contributed by atoms with Crippen molar-refractivity contribution in [2.75, 3.05) is 25.0 Å². The zero-order valence-electron chi connectivity index (χ0n) is 23.0. The molecule has 2 fully saturated rings. The van der Waals surface area contributed by atoms with E-state index in [2.05, 4.69) is 70.3 Å². The number of aromatic hydroxyl groups is 1. The molecule has 0 unspecified atom stereocenters. The van der Waals surface area contributed by atoms with E-state index in [9.17, 15) is 9.90 Å². The average molecular weight is 518 g/mol. The predicted molar refractivity (Wildman–Crippen MR) is 149 cm³/mol. The summed E-state index contributed by atoms with van der Waals surface area (Å²) in [7, 11) is 2.06. The molecule has 3 N–H and O–H groups in total. The van der Waals surface area contributed by atoms with Gasteiger partial charge in [0.2, 0.25) is 5.91 Å². The van der Waals surface area contributed by atoms with E-state index >= 15 is 0 Å². The minimum atomic E-state index is -0.279. The topological polar surface area (TPSA) is 110 Å². The standard InChI is InChI=1S/C29H39N7O2/c1-28(2)15-22(16-29(3,4)36(28)27(38)19-10-12-30-13-11-19)35(5)26-9-8-24(33-34-26)23-7-6-20(14-25(23)37)21-17-31-32-18-21/h6-9,14,17-19,22,30,37H,10-13,15-16H2,1-5H3,(H,31,32). The number of carbonyl (C=O) groups excluding carboxylic acids is 1. The maximum atomic E-state index is 13.7. The number of nitrogens with zero attached hydrogens (tertiary/aromatic N) is 5. The minimum absolute atomic E-state index is 0.104. The van der Waals surface area contributed by atoms with E-state index < -0.39 is 0 Å². The number of nitrogens with one attached hydrogen (secondary N) is 2. The number of phenolic OH excluding ortho intramolecular Hbond substituents is 1. The number of hydrogen-bond donors (Lipinski definition) is 3. The molecule has 2 aromatic heterocycles. The minimum Gasteiger partial charge on any atom is -0.507 e. The summed E-state index contributed by atoms with van der Waals surface area (Å²) in [6, 6.07) is 9.57. The van der Waals surface area contributed by atoms with Crippen molar-refractivity contribution in [3.05, 3.63) is 42.7 Å². The van der Waals surface area contributed by atoms with Crippen molar-refractivity contribution in [2.45, 2.75) is 70.5 Å². The molecule has 0 atom stereocenters. The highest BCUT2D eigenvalue weighted by molar-refractivity contribution is 5.81.